The number of nitrogens with one attached hydrogen (secondary N) is 1. The second-order valence-electron chi connectivity index (χ2n) is 5.22. The topological polar surface area (TPSA) is 21.3 Å². The van der Waals surface area contributed by atoms with Gasteiger partial charge in [0.2, 0.25) is 0 Å². The van der Waals surface area contributed by atoms with Gasteiger partial charge in [-0.25, -0.2) is 0 Å². The van der Waals surface area contributed by atoms with Gasteiger partial charge in [-0.2, -0.15) is 0 Å². The Balaban J connectivity index is 4.26. The molecule has 0 heterocycles. The van der Waals surface area contributed by atoms with E-state index in [1.807, 2.05) is 0 Å². The number of ether oxygens (including phenoxy) is 1. The molecule has 0 aromatic rings. The Labute approximate surface area is 109 Å². The summed E-state index contributed by atoms with van der Waals surface area (Å²) in [6.45, 7) is 13.0. The average Bonchev–Trinajstić information content (AvgIpc) is 2.31. The van der Waals surface area contributed by atoms with Crippen molar-refractivity contribution in [2.24, 2.45) is 5.92 Å². The van der Waals surface area contributed by atoms with Gasteiger partial charge in [-0.05, 0) is 32.2 Å². The lowest BCUT2D eigenvalue weighted by Crippen LogP contribution is -2.44. The van der Waals surface area contributed by atoms with E-state index in [1.54, 1.807) is 0 Å². The zero-order valence-electron chi connectivity index (χ0n) is 12.6. The second kappa shape index (κ2) is 11.0. The smallest absolute Gasteiger partial charge is 0.0750 e. The molecule has 17 heavy (non-hydrogen) atoms. The lowest BCUT2D eigenvalue weighted by atomic mass is 9.94. The van der Waals surface area contributed by atoms with Crippen LogP contribution in [0.5, 0.6) is 0 Å². The van der Waals surface area contributed by atoms with Crippen LogP contribution in [0.25, 0.3) is 0 Å². The standard InChI is InChI=1S/C15H33NO/c1-6-9-10-11-14(16-12-7-2)15(13(4)5)17-8-3/h13-16H,6-12H2,1-5H3. The summed E-state index contributed by atoms with van der Waals surface area (Å²) in [7, 11) is 0. The highest BCUT2D eigenvalue weighted by atomic mass is 16.5. The average molecular weight is 243 g/mol. The van der Waals surface area contributed by atoms with E-state index in [0.717, 1.165) is 13.2 Å². The SMILES string of the molecule is CCCCCC(NCCC)C(OCC)C(C)C. The van der Waals surface area contributed by atoms with Crippen molar-refractivity contribution in [1.82, 2.24) is 5.32 Å². The summed E-state index contributed by atoms with van der Waals surface area (Å²) in [5.41, 5.74) is 0. The number of unbranched alkanes of at least 4 members (excludes halogenated alkanes) is 2. The minimum atomic E-state index is 0.364. The molecule has 104 valence electrons. The lowest BCUT2D eigenvalue weighted by Gasteiger charge is -2.31. The molecule has 0 aromatic carbocycles. The molecule has 0 aliphatic rings. The van der Waals surface area contributed by atoms with Gasteiger partial charge in [0.25, 0.3) is 0 Å². The van der Waals surface area contributed by atoms with Crippen LogP contribution >= 0.6 is 0 Å². The summed E-state index contributed by atoms with van der Waals surface area (Å²) >= 11 is 0. The fraction of sp³-hybridized carbons (Fsp3) is 1.00. The van der Waals surface area contributed by atoms with Gasteiger partial charge in [0.1, 0.15) is 0 Å². The summed E-state index contributed by atoms with van der Waals surface area (Å²) in [5.74, 6) is 0.589. The Morgan fingerprint density at radius 3 is 2.18 bits per heavy atom. The molecule has 2 atom stereocenters. The van der Waals surface area contributed by atoms with Crippen molar-refractivity contribution in [2.45, 2.75) is 78.9 Å². The van der Waals surface area contributed by atoms with Crippen LogP contribution in [0.4, 0.5) is 0 Å². The summed E-state index contributed by atoms with van der Waals surface area (Å²) in [5, 5.41) is 3.67. The Morgan fingerprint density at radius 2 is 1.71 bits per heavy atom. The zero-order valence-corrected chi connectivity index (χ0v) is 12.6. The summed E-state index contributed by atoms with van der Waals surface area (Å²) < 4.78 is 5.93. The number of rotatable bonds is 11. The molecule has 2 heteroatoms. The van der Waals surface area contributed by atoms with E-state index in [2.05, 4.69) is 39.9 Å². The number of hydrogen-bond acceptors (Lipinski definition) is 2. The van der Waals surface area contributed by atoms with Crippen LogP contribution < -0.4 is 5.32 Å². The van der Waals surface area contributed by atoms with Crippen LogP contribution in [0.3, 0.4) is 0 Å². The molecule has 0 saturated carbocycles. The molecule has 1 N–H and O–H groups in total. The molecule has 2 nitrogen and oxygen atoms in total. The van der Waals surface area contributed by atoms with Crippen molar-refractivity contribution >= 4 is 0 Å². The third-order valence-electron chi connectivity index (χ3n) is 3.19. The summed E-state index contributed by atoms with van der Waals surface area (Å²) in [6, 6.07) is 0.529. The molecule has 0 saturated heterocycles. The first kappa shape index (κ1) is 16.9. The van der Waals surface area contributed by atoms with Gasteiger partial charge in [0.05, 0.1) is 6.10 Å². The Hall–Kier alpha value is -0.0800. The molecule has 0 aliphatic heterocycles. The maximum Gasteiger partial charge on any atom is 0.0750 e. The zero-order chi connectivity index (χ0) is 13.1. The molecule has 0 amide bonds. The molecule has 0 fully saturated rings. The molecule has 0 radical (unpaired) electrons. The summed E-state index contributed by atoms with van der Waals surface area (Å²) in [6.07, 6.45) is 6.75. The van der Waals surface area contributed by atoms with E-state index in [1.165, 1.54) is 32.1 Å². The normalized spacial score (nSPS) is 15.2. The van der Waals surface area contributed by atoms with Gasteiger partial charge < -0.3 is 10.1 Å². The third kappa shape index (κ3) is 7.77. The maximum absolute atomic E-state index is 5.93. The van der Waals surface area contributed by atoms with Crippen molar-refractivity contribution < 1.29 is 4.74 Å². The van der Waals surface area contributed by atoms with Crippen molar-refractivity contribution in [3.63, 3.8) is 0 Å². The highest BCUT2D eigenvalue weighted by Crippen LogP contribution is 2.16. The molecule has 0 spiro atoms. The van der Waals surface area contributed by atoms with Gasteiger partial charge >= 0.3 is 0 Å². The summed E-state index contributed by atoms with van der Waals surface area (Å²) in [4.78, 5) is 0. The van der Waals surface area contributed by atoms with E-state index >= 15 is 0 Å². The van der Waals surface area contributed by atoms with Gasteiger partial charge in [0, 0.05) is 12.6 Å². The molecule has 2 unspecified atom stereocenters. The maximum atomic E-state index is 5.93. The van der Waals surface area contributed by atoms with Crippen LogP contribution in [-0.4, -0.2) is 25.3 Å². The van der Waals surface area contributed by atoms with Crippen molar-refractivity contribution in [2.75, 3.05) is 13.2 Å². The van der Waals surface area contributed by atoms with E-state index in [9.17, 15) is 0 Å². The van der Waals surface area contributed by atoms with Crippen LogP contribution in [0.15, 0.2) is 0 Å². The minimum absolute atomic E-state index is 0.364. The first-order valence-electron chi connectivity index (χ1n) is 7.52. The van der Waals surface area contributed by atoms with E-state index in [-0.39, 0.29) is 0 Å². The quantitative estimate of drug-likeness (QED) is 0.554. The van der Waals surface area contributed by atoms with Crippen molar-refractivity contribution in [3.8, 4) is 0 Å². The van der Waals surface area contributed by atoms with Crippen molar-refractivity contribution in [3.05, 3.63) is 0 Å². The van der Waals surface area contributed by atoms with Crippen molar-refractivity contribution in [1.29, 1.82) is 0 Å². The van der Waals surface area contributed by atoms with Gasteiger partial charge in [-0.15, -0.1) is 0 Å². The molecular formula is C15H33NO. The lowest BCUT2D eigenvalue weighted by molar-refractivity contribution is 0.000959. The van der Waals surface area contributed by atoms with Crippen LogP contribution in [0, 0.1) is 5.92 Å². The second-order valence-corrected chi connectivity index (χ2v) is 5.22. The fourth-order valence-electron chi connectivity index (χ4n) is 2.29. The molecule has 0 aliphatic carbocycles. The first-order valence-corrected chi connectivity index (χ1v) is 7.52. The van der Waals surface area contributed by atoms with Crippen LogP contribution in [0.1, 0.15) is 66.7 Å². The third-order valence-corrected chi connectivity index (χ3v) is 3.19. The molecule has 0 bridgehead atoms. The predicted octanol–water partition coefficient (Wildman–Crippen LogP) is 4.00. The molecular weight excluding hydrogens is 210 g/mol. The Morgan fingerprint density at radius 1 is 1.00 bits per heavy atom. The molecule has 0 rings (SSSR count). The van der Waals surface area contributed by atoms with E-state index < -0.39 is 0 Å². The van der Waals surface area contributed by atoms with Gasteiger partial charge in [0.15, 0.2) is 0 Å². The van der Waals surface area contributed by atoms with E-state index in [0.29, 0.717) is 18.1 Å². The molecule has 0 aromatic heterocycles. The van der Waals surface area contributed by atoms with Crippen LogP contribution in [-0.2, 0) is 4.74 Å². The largest absolute Gasteiger partial charge is 0.377 e. The van der Waals surface area contributed by atoms with Crippen LogP contribution in [0.2, 0.25) is 0 Å². The first-order chi connectivity index (χ1) is 8.17. The monoisotopic (exact) mass is 243 g/mol. The van der Waals surface area contributed by atoms with Gasteiger partial charge in [-0.1, -0.05) is 47.0 Å². The van der Waals surface area contributed by atoms with E-state index in [4.69, 9.17) is 4.74 Å². The Kier molecular flexibility index (Phi) is 11.0. The van der Waals surface area contributed by atoms with Gasteiger partial charge in [-0.3, -0.25) is 0 Å². The fourth-order valence-corrected chi connectivity index (χ4v) is 2.29. The highest BCUT2D eigenvalue weighted by Gasteiger charge is 2.23. The Bertz CT molecular complexity index is 159. The predicted molar refractivity (Wildman–Crippen MR) is 76.5 cm³/mol. The highest BCUT2D eigenvalue weighted by molar-refractivity contribution is 4.79. The minimum Gasteiger partial charge on any atom is -0.377 e. The number of hydrogen-bond donors (Lipinski definition) is 1.